The third kappa shape index (κ3) is 3.24. The third-order valence-corrected chi connectivity index (χ3v) is 6.80. The zero-order chi connectivity index (χ0) is 14.8. The van der Waals surface area contributed by atoms with Crippen LogP contribution in [0.4, 0.5) is 0 Å². The summed E-state index contributed by atoms with van der Waals surface area (Å²) in [5, 5.41) is 0. The second-order valence-electron chi connectivity index (χ2n) is 5.28. The number of hydrogen-bond acceptors (Lipinski definition) is 3. The van der Waals surface area contributed by atoms with E-state index in [1.165, 1.54) is 0 Å². The molecule has 0 saturated carbocycles. The predicted octanol–water partition coefficient (Wildman–Crippen LogP) is 2.86. The van der Waals surface area contributed by atoms with E-state index in [-0.39, 0.29) is 6.04 Å². The van der Waals surface area contributed by atoms with E-state index in [2.05, 4.69) is 15.9 Å². The van der Waals surface area contributed by atoms with Crippen molar-refractivity contribution in [3.63, 3.8) is 0 Å². The quantitative estimate of drug-likeness (QED) is 0.901. The van der Waals surface area contributed by atoms with Crippen LogP contribution in [0.5, 0.6) is 0 Å². The summed E-state index contributed by atoms with van der Waals surface area (Å²) in [6, 6.07) is 5.28. The van der Waals surface area contributed by atoms with Gasteiger partial charge in [-0.15, -0.1) is 0 Å². The summed E-state index contributed by atoms with van der Waals surface area (Å²) in [7, 11) is -3.44. The summed E-state index contributed by atoms with van der Waals surface area (Å²) < 4.78 is 27.9. The molecular weight excluding hydrogens is 340 g/mol. The maximum Gasteiger partial charge on any atom is 0.244 e. The highest BCUT2D eigenvalue weighted by molar-refractivity contribution is 9.10. The Morgan fingerprint density at radius 1 is 1.35 bits per heavy atom. The molecule has 0 aromatic heterocycles. The SMILES string of the molecule is CC1CCCCCN1S(=O)(=O)c1ccc(CN)cc1Br. The molecule has 1 aliphatic heterocycles. The average Bonchev–Trinajstić information content (AvgIpc) is 2.63. The zero-order valence-corrected chi connectivity index (χ0v) is 14.1. The van der Waals surface area contributed by atoms with Gasteiger partial charge in [-0.05, 0) is 53.4 Å². The van der Waals surface area contributed by atoms with Gasteiger partial charge >= 0.3 is 0 Å². The van der Waals surface area contributed by atoms with Crippen LogP contribution >= 0.6 is 15.9 Å². The van der Waals surface area contributed by atoms with E-state index >= 15 is 0 Å². The van der Waals surface area contributed by atoms with Gasteiger partial charge in [0.2, 0.25) is 10.0 Å². The standard InChI is InChI=1S/C14H21BrN2O2S/c1-11-5-3-2-4-8-17(11)20(18,19)14-7-6-12(10-16)9-13(14)15/h6-7,9,11H,2-5,8,10,16H2,1H3. The molecule has 2 N–H and O–H groups in total. The van der Waals surface area contributed by atoms with Gasteiger partial charge in [-0.1, -0.05) is 18.9 Å². The molecule has 4 nitrogen and oxygen atoms in total. The van der Waals surface area contributed by atoms with Crippen LogP contribution in [0.2, 0.25) is 0 Å². The Morgan fingerprint density at radius 3 is 2.75 bits per heavy atom. The van der Waals surface area contributed by atoms with Gasteiger partial charge in [0.05, 0.1) is 4.90 Å². The van der Waals surface area contributed by atoms with Crippen LogP contribution < -0.4 is 5.73 Å². The number of benzene rings is 1. The zero-order valence-electron chi connectivity index (χ0n) is 11.7. The highest BCUT2D eigenvalue weighted by atomic mass is 79.9. The van der Waals surface area contributed by atoms with Crippen molar-refractivity contribution in [2.24, 2.45) is 5.73 Å². The molecule has 0 amide bonds. The fraction of sp³-hybridized carbons (Fsp3) is 0.571. The van der Waals surface area contributed by atoms with E-state index in [1.54, 1.807) is 22.5 Å². The van der Waals surface area contributed by atoms with Gasteiger partial charge in [0.1, 0.15) is 0 Å². The minimum atomic E-state index is -3.44. The molecule has 112 valence electrons. The van der Waals surface area contributed by atoms with Crippen LogP contribution in [0.3, 0.4) is 0 Å². The van der Waals surface area contributed by atoms with E-state index in [4.69, 9.17) is 5.73 Å². The maximum atomic E-state index is 12.8. The van der Waals surface area contributed by atoms with Crippen LogP contribution in [-0.4, -0.2) is 25.3 Å². The lowest BCUT2D eigenvalue weighted by molar-refractivity contribution is 0.342. The number of sulfonamides is 1. The first kappa shape index (κ1) is 15.9. The van der Waals surface area contributed by atoms with Gasteiger partial charge < -0.3 is 5.73 Å². The van der Waals surface area contributed by atoms with Gasteiger partial charge in [0.15, 0.2) is 0 Å². The Balaban J connectivity index is 2.38. The predicted molar refractivity (Wildman–Crippen MR) is 83.9 cm³/mol. The fourth-order valence-electron chi connectivity index (χ4n) is 2.61. The topological polar surface area (TPSA) is 63.4 Å². The number of nitrogens with two attached hydrogens (primary N) is 1. The Kier molecular flexibility index (Phi) is 5.23. The minimum absolute atomic E-state index is 0.0589. The van der Waals surface area contributed by atoms with Crippen LogP contribution in [0.15, 0.2) is 27.6 Å². The largest absolute Gasteiger partial charge is 0.326 e. The molecule has 6 heteroatoms. The molecule has 1 aromatic carbocycles. The lowest BCUT2D eigenvalue weighted by Crippen LogP contribution is -2.38. The van der Waals surface area contributed by atoms with E-state index in [9.17, 15) is 8.42 Å². The van der Waals surface area contributed by atoms with Crippen molar-refractivity contribution in [1.82, 2.24) is 4.31 Å². The lowest BCUT2D eigenvalue weighted by atomic mass is 10.1. The number of nitrogens with zero attached hydrogens (tertiary/aromatic N) is 1. The molecular formula is C14H21BrN2O2S. The average molecular weight is 361 g/mol. The molecule has 2 rings (SSSR count). The van der Waals surface area contributed by atoms with Gasteiger partial charge in [-0.25, -0.2) is 8.42 Å². The smallest absolute Gasteiger partial charge is 0.244 e. The Hall–Kier alpha value is -0.430. The van der Waals surface area contributed by atoms with Crippen molar-refractivity contribution in [2.75, 3.05) is 6.54 Å². The van der Waals surface area contributed by atoms with Crippen molar-refractivity contribution >= 4 is 26.0 Å². The number of halogens is 1. The second-order valence-corrected chi connectivity index (χ2v) is 8.00. The molecule has 1 saturated heterocycles. The Labute approximate surface area is 129 Å². The molecule has 0 bridgehead atoms. The first-order chi connectivity index (χ1) is 9.46. The molecule has 1 atom stereocenters. The molecule has 0 aliphatic carbocycles. The van der Waals surface area contributed by atoms with Gasteiger partial charge in [0, 0.05) is 23.6 Å². The van der Waals surface area contributed by atoms with Crippen LogP contribution in [-0.2, 0) is 16.6 Å². The van der Waals surface area contributed by atoms with Crippen LogP contribution in [0.1, 0.15) is 38.2 Å². The van der Waals surface area contributed by atoms with Gasteiger partial charge in [0.25, 0.3) is 0 Å². The summed E-state index contributed by atoms with van der Waals surface area (Å²) >= 11 is 3.37. The first-order valence-electron chi connectivity index (χ1n) is 6.97. The van der Waals surface area contributed by atoms with Crippen molar-refractivity contribution in [3.05, 3.63) is 28.2 Å². The summed E-state index contributed by atoms with van der Waals surface area (Å²) in [5.41, 5.74) is 6.50. The van der Waals surface area contributed by atoms with Crippen LogP contribution in [0, 0.1) is 0 Å². The van der Waals surface area contributed by atoms with Crippen molar-refractivity contribution in [3.8, 4) is 0 Å². The Morgan fingerprint density at radius 2 is 2.10 bits per heavy atom. The highest BCUT2D eigenvalue weighted by Crippen LogP contribution is 2.29. The number of hydrogen-bond donors (Lipinski definition) is 1. The summed E-state index contributed by atoms with van der Waals surface area (Å²) in [6.45, 7) is 3.00. The maximum absolute atomic E-state index is 12.8. The highest BCUT2D eigenvalue weighted by Gasteiger charge is 2.31. The molecule has 0 radical (unpaired) electrons. The molecule has 1 fully saturated rings. The monoisotopic (exact) mass is 360 g/mol. The summed E-state index contributed by atoms with van der Waals surface area (Å²) in [4.78, 5) is 0.337. The fourth-order valence-corrected chi connectivity index (χ4v) is 5.40. The minimum Gasteiger partial charge on any atom is -0.326 e. The Bertz CT molecular complexity index is 575. The van der Waals surface area contributed by atoms with Crippen LogP contribution in [0.25, 0.3) is 0 Å². The molecule has 20 heavy (non-hydrogen) atoms. The molecule has 1 aromatic rings. The normalized spacial score (nSPS) is 21.6. The van der Waals surface area contributed by atoms with Crippen molar-refractivity contribution < 1.29 is 8.42 Å². The third-order valence-electron chi connectivity index (χ3n) is 3.81. The number of rotatable bonds is 3. The second kappa shape index (κ2) is 6.56. The molecule has 1 aliphatic rings. The summed E-state index contributed by atoms with van der Waals surface area (Å²) in [6.07, 6.45) is 4.06. The molecule has 0 spiro atoms. The van der Waals surface area contributed by atoms with E-state index < -0.39 is 10.0 Å². The van der Waals surface area contributed by atoms with E-state index in [0.717, 1.165) is 31.2 Å². The first-order valence-corrected chi connectivity index (χ1v) is 9.20. The molecule has 1 unspecified atom stereocenters. The van der Waals surface area contributed by atoms with Crippen molar-refractivity contribution in [2.45, 2.75) is 50.1 Å². The van der Waals surface area contributed by atoms with Crippen molar-refractivity contribution in [1.29, 1.82) is 0 Å². The van der Waals surface area contributed by atoms with E-state index in [0.29, 0.717) is 22.5 Å². The summed E-state index contributed by atoms with van der Waals surface area (Å²) in [5.74, 6) is 0. The van der Waals surface area contributed by atoms with Gasteiger partial charge in [-0.3, -0.25) is 0 Å². The lowest BCUT2D eigenvalue weighted by Gasteiger charge is -2.26. The van der Waals surface area contributed by atoms with E-state index in [1.807, 2.05) is 6.92 Å². The molecule has 1 heterocycles. The van der Waals surface area contributed by atoms with Gasteiger partial charge in [-0.2, -0.15) is 4.31 Å².